The lowest BCUT2D eigenvalue weighted by Crippen LogP contribution is -2.39. The van der Waals surface area contributed by atoms with Crippen LogP contribution in [-0.4, -0.2) is 33.1 Å². The van der Waals surface area contributed by atoms with Gasteiger partial charge in [0, 0.05) is 25.2 Å². The molecule has 7 nitrogen and oxygen atoms in total. The SMILES string of the molecule is CC(=O)ON[C@@H](Cc1cnc[nH]1)C(=O)O. The van der Waals surface area contributed by atoms with Crippen molar-refractivity contribution >= 4 is 11.9 Å². The van der Waals surface area contributed by atoms with Gasteiger partial charge in [0.2, 0.25) is 0 Å². The summed E-state index contributed by atoms with van der Waals surface area (Å²) in [5.74, 6) is -1.70. The quantitative estimate of drug-likeness (QED) is 0.568. The maximum Gasteiger partial charge on any atom is 0.324 e. The Hall–Kier alpha value is -1.89. The van der Waals surface area contributed by atoms with Crippen LogP contribution in [0.25, 0.3) is 0 Å². The molecule has 7 heteroatoms. The lowest BCUT2D eigenvalue weighted by Gasteiger charge is -2.11. The van der Waals surface area contributed by atoms with E-state index in [0.717, 1.165) is 0 Å². The molecule has 3 N–H and O–H groups in total. The molecule has 15 heavy (non-hydrogen) atoms. The molecule has 0 bridgehead atoms. The van der Waals surface area contributed by atoms with Crippen molar-refractivity contribution in [1.82, 2.24) is 15.4 Å². The highest BCUT2D eigenvalue weighted by Crippen LogP contribution is 1.98. The minimum atomic E-state index is -1.11. The number of aromatic amines is 1. The molecule has 0 unspecified atom stereocenters. The van der Waals surface area contributed by atoms with Gasteiger partial charge in [0.25, 0.3) is 0 Å². The number of hydroxylamine groups is 1. The summed E-state index contributed by atoms with van der Waals surface area (Å²) in [6, 6.07) is -0.991. The van der Waals surface area contributed by atoms with Crippen molar-refractivity contribution in [2.75, 3.05) is 0 Å². The first-order chi connectivity index (χ1) is 7.09. The van der Waals surface area contributed by atoms with Crippen LogP contribution in [-0.2, 0) is 20.8 Å². The second kappa shape index (κ2) is 5.11. The number of carbonyl (C=O) groups excluding carboxylic acids is 1. The minimum absolute atomic E-state index is 0.155. The third-order valence-corrected chi connectivity index (χ3v) is 1.62. The second-order valence-electron chi connectivity index (χ2n) is 2.88. The molecule has 0 aromatic carbocycles. The number of hydrogen-bond acceptors (Lipinski definition) is 5. The molecule has 1 aromatic heterocycles. The zero-order valence-corrected chi connectivity index (χ0v) is 8.06. The Bertz CT molecular complexity index is 336. The largest absolute Gasteiger partial charge is 0.480 e. The Labute approximate surface area is 85.4 Å². The van der Waals surface area contributed by atoms with Crippen LogP contribution in [0.1, 0.15) is 12.6 Å². The molecule has 0 spiro atoms. The van der Waals surface area contributed by atoms with Crippen LogP contribution >= 0.6 is 0 Å². The first-order valence-electron chi connectivity index (χ1n) is 4.22. The highest BCUT2D eigenvalue weighted by atomic mass is 16.7. The Kier molecular flexibility index (Phi) is 3.81. The molecule has 0 aliphatic heterocycles. The van der Waals surface area contributed by atoms with Gasteiger partial charge in [-0.1, -0.05) is 0 Å². The molecule has 0 amide bonds. The number of H-pyrrole nitrogens is 1. The second-order valence-corrected chi connectivity index (χ2v) is 2.88. The van der Waals surface area contributed by atoms with Crippen LogP contribution in [0.4, 0.5) is 0 Å². The number of carbonyl (C=O) groups is 2. The maximum absolute atomic E-state index is 10.8. The summed E-state index contributed by atoms with van der Waals surface area (Å²) in [4.78, 5) is 32.1. The number of aromatic nitrogens is 2. The Morgan fingerprint density at radius 1 is 1.73 bits per heavy atom. The maximum atomic E-state index is 10.8. The first-order valence-corrected chi connectivity index (χ1v) is 4.22. The number of aliphatic carboxylic acids is 1. The van der Waals surface area contributed by atoms with E-state index in [9.17, 15) is 9.59 Å². The molecule has 0 fully saturated rings. The average Bonchev–Trinajstić information content (AvgIpc) is 2.63. The molecule has 0 saturated heterocycles. The summed E-state index contributed by atoms with van der Waals surface area (Å²) in [5, 5.41) is 8.80. The van der Waals surface area contributed by atoms with Gasteiger partial charge in [0.1, 0.15) is 6.04 Å². The summed E-state index contributed by atoms with van der Waals surface area (Å²) >= 11 is 0. The van der Waals surface area contributed by atoms with Gasteiger partial charge in [0.15, 0.2) is 0 Å². The molecule has 1 aromatic rings. The summed E-state index contributed by atoms with van der Waals surface area (Å²) in [6.45, 7) is 1.18. The number of carboxylic acids is 1. The van der Waals surface area contributed by atoms with Crippen molar-refractivity contribution in [1.29, 1.82) is 0 Å². The van der Waals surface area contributed by atoms with Gasteiger partial charge < -0.3 is 14.9 Å². The molecule has 1 rings (SSSR count). The lowest BCUT2D eigenvalue weighted by molar-refractivity contribution is -0.155. The van der Waals surface area contributed by atoms with E-state index in [1.807, 2.05) is 0 Å². The number of nitrogens with zero attached hydrogens (tertiary/aromatic N) is 1. The van der Waals surface area contributed by atoms with E-state index < -0.39 is 18.0 Å². The lowest BCUT2D eigenvalue weighted by atomic mass is 10.2. The average molecular weight is 213 g/mol. The number of imidazole rings is 1. The highest BCUT2D eigenvalue weighted by molar-refractivity contribution is 5.74. The molecular formula is C8H11N3O4. The van der Waals surface area contributed by atoms with Crippen molar-refractivity contribution in [2.24, 2.45) is 0 Å². The fourth-order valence-electron chi connectivity index (χ4n) is 0.950. The summed E-state index contributed by atoms with van der Waals surface area (Å²) < 4.78 is 0. The van der Waals surface area contributed by atoms with Gasteiger partial charge in [-0.05, 0) is 0 Å². The summed E-state index contributed by atoms with van der Waals surface area (Å²) in [6.07, 6.45) is 3.11. The zero-order valence-electron chi connectivity index (χ0n) is 8.06. The fourth-order valence-corrected chi connectivity index (χ4v) is 0.950. The molecular weight excluding hydrogens is 202 g/mol. The normalized spacial score (nSPS) is 12.1. The third kappa shape index (κ3) is 3.77. The number of hydrogen-bond donors (Lipinski definition) is 3. The molecule has 1 heterocycles. The smallest absolute Gasteiger partial charge is 0.324 e. The zero-order chi connectivity index (χ0) is 11.3. The topological polar surface area (TPSA) is 104 Å². The first kappa shape index (κ1) is 11.2. The Morgan fingerprint density at radius 2 is 2.47 bits per heavy atom. The summed E-state index contributed by atoms with van der Waals surface area (Å²) in [7, 11) is 0. The molecule has 0 aliphatic rings. The van der Waals surface area contributed by atoms with Crippen molar-refractivity contribution in [3.63, 3.8) is 0 Å². The van der Waals surface area contributed by atoms with Crippen molar-refractivity contribution in [3.8, 4) is 0 Å². The van der Waals surface area contributed by atoms with Gasteiger partial charge in [-0.2, -0.15) is 0 Å². The molecule has 1 atom stereocenters. The van der Waals surface area contributed by atoms with Crippen LogP contribution < -0.4 is 5.48 Å². The van der Waals surface area contributed by atoms with E-state index in [4.69, 9.17) is 5.11 Å². The standard InChI is InChI=1S/C8H11N3O4/c1-5(12)15-11-7(8(13)14)2-6-3-9-4-10-6/h3-4,7,11H,2H2,1H3,(H,9,10)(H,13,14)/t7-/m0/s1. The highest BCUT2D eigenvalue weighted by Gasteiger charge is 2.19. The van der Waals surface area contributed by atoms with Gasteiger partial charge in [-0.25, -0.2) is 4.98 Å². The van der Waals surface area contributed by atoms with E-state index in [1.165, 1.54) is 19.4 Å². The Balaban J connectivity index is 2.51. The van der Waals surface area contributed by atoms with E-state index >= 15 is 0 Å². The summed E-state index contributed by atoms with van der Waals surface area (Å²) in [5.41, 5.74) is 2.80. The van der Waals surface area contributed by atoms with E-state index in [0.29, 0.717) is 5.69 Å². The molecule has 0 radical (unpaired) electrons. The van der Waals surface area contributed by atoms with Crippen molar-refractivity contribution in [2.45, 2.75) is 19.4 Å². The van der Waals surface area contributed by atoms with Gasteiger partial charge in [0.05, 0.1) is 6.33 Å². The number of nitrogens with one attached hydrogen (secondary N) is 2. The van der Waals surface area contributed by atoms with Crippen LogP contribution in [0.15, 0.2) is 12.5 Å². The number of carboxylic acid groups (broad SMARTS) is 1. The monoisotopic (exact) mass is 213 g/mol. The van der Waals surface area contributed by atoms with Gasteiger partial charge in [-0.3, -0.25) is 9.59 Å². The molecule has 82 valence electrons. The van der Waals surface area contributed by atoms with Gasteiger partial charge >= 0.3 is 11.9 Å². The van der Waals surface area contributed by atoms with E-state index in [-0.39, 0.29) is 6.42 Å². The third-order valence-electron chi connectivity index (χ3n) is 1.62. The predicted molar refractivity (Wildman–Crippen MR) is 48.6 cm³/mol. The molecule has 0 saturated carbocycles. The predicted octanol–water partition coefficient (Wildman–Crippen LogP) is -0.527. The van der Waals surface area contributed by atoms with Crippen LogP contribution in [0.2, 0.25) is 0 Å². The van der Waals surface area contributed by atoms with Crippen LogP contribution in [0, 0.1) is 0 Å². The van der Waals surface area contributed by atoms with Crippen molar-refractivity contribution in [3.05, 3.63) is 18.2 Å². The fraction of sp³-hybridized carbons (Fsp3) is 0.375. The van der Waals surface area contributed by atoms with Crippen LogP contribution in [0.5, 0.6) is 0 Å². The Morgan fingerprint density at radius 3 is 2.93 bits per heavy atom. The van der Waals surface area contributed by atoms with Gasteiger partial charge in [-0.15, -0.1) is 5.48 Å². The minimum Gasteiger partial charge on any atom is -0.480 e. The van der Waals surface area contributed by atoms with E-state index in [1.54, 1.807) is 0 Å². The number of rotatable bonds is 5. The molecule has 0 aliphatic carbocycles. The van der Waals surface area contributed by atoms with E-state index in [2.05, 4.69) is 20.3 Å². The van der Waals surface area contributed by atoms with Crippen LogP contribution in [0.3, 0.4) is 0 Å². The van der Waals surface area contributed by atoms with Crippen molar-refractivity contribution < 1.29 is 19.5 Å².